The van der Waals surface area contributed by atoms with Crippen molar-refractivity contribution in [1.29, 1.82) is 0 Å². The molecule has 3 aromatic rings. The van der Waals surface area contributed by atoms with Crippen LogP contribution in [0.2, 0.25) is 0 Å². The van der Waals surface area contributed by atoms with Crippen LogP contribution in [0.5, 0.6) is 0 Å². The van der Waals surface area contributed by atoms with Crippen molar-refractivity contribution in [3.63, 3.8) is 0 Å². The molecular formula is C22H25N5O. The Morgan fingerprint density at radius 1 is 1.04 bits per heavy atom. The van der Waals surface area contributed by atoms with E-state index in [9.17, 15) is 4.79 Å². The van der Waals surface area contributed by atoms with Crippen molar-refractivity contribution in [2.75, 3.05) is 37.6 Å². The molecular weight excluding hydrogens is 350 g/mol. The van der Waals surface area contributed by atoms with E-state index in [0.717, 1.165) is 35.4 Å². The second-order valence-corrected chi connectivity index (χ2v) is 7.23. The number of carbonyl (C=O) groups is 1. The molecule has 2 N–H and O–H groups in total. The van der Waals surface area contributed by atoms with Crippen molar-refractivity contribution >= 4 is 22.6 Å². The van der Waals surface area contributed by atoms with Crippen molar-refractivity contribution < 1.29 is 4.79 Å². The molecule has 1 atom stereocenters. The van der Waals surface area contributed by atoms with Crippen LogP contribution in [0.4, 0.5) is 5.82 Å². The number of anilines is 1. The summed E-state index contributed by atoms with van der Waals surface area (Å²) in [5.41, 5.74) is 9.06. The van der Waals surface area contributed by atoms with Gasteiger partial charge in [-0.25, -0.2) is 9.97 Å². The molecule has 1 aliphatic rings. The second kappa shape index (κ2) is 7.94. The average molecular weight is 375 g/mol. The highest BCUT2D eigenvalue weighted by Gasteiger charge is 2.28. The predicted molar refractivity (Wildman–Crippen MR) is 111 cm³/mol. The van der Waals surface area contributed by atoms with Gasteiger partial charge in [0, 0.05) is 38.1 Å². The summed E-state index contributed by atoms with van der Waals surface area (Å²) in [5, 5.41) is 1.05. The number of aromatic nitrogens is 2. The second-order valence-electron chi connectivity index (χ2n) is 7.23. The molecule has 0 spiro atoms. The van der Waals surface area contributed by atoms with Gasteiger partial charge in [-0.3, -0.25) is 4.79 Å². The monoisotopic (exact) mass is 375 g/mol. The summed E-state index contributed by atoms with van der Waals surface area (Å²) in [6.45, 7) is 5.19. The fourth-order valence-corrected chi connectivity index (χ4v) is 3.78. The first-order chi connectivity index (χ1) is 13.7. The number of para-hydroxylation sites is 1. The van der Waals surface area contributed by atoms with Crippen LogP contribution < -0.4 is 10.6 Å². The standard InChI is InChI=1S/C22H25N5O/c1-16-6-8-17(9-7-16)19(14-23)22(28)27-12-10-26(11-13-27)21-18-4-2-3-5-20(18)24-15-25-21/h2-9,15,19H,10-14,23H2,1H3. The van der Waals surface area contributed by atoms with Crippen molar-refractivity contribution in [3.8, 4) is 0 Å². The zero-order valence-electron chi connectivity index (χ0n) is 16.1. The molecule has 28 heavy (non-hydrogen) atoms. The van der Waals surface area contributed by atoms with Gasteiger partial charge in [0.2, 0.25) is 5.91 Å². The normalized spacial score (nSPS) is 15.6. The molecule has 2 heterocycles. The molecule has 144 valence electrons. The summed E-state index contributed by atoms with van der Waals surface area (Å²) < 4.78 is 0. The van der Waals surface area contributed by atoms with E-state index in [-0.39, 0.29) is 11.8 Å². The number of nitrogens with two attached hydrogens (primary N) is 1. The molecule has 0 saturated carbocycles. The number of nitrogens with zero attached hydrogens (tertiary/aromatic N) is 4. The van der Waals surface area contributed by atoms with Crippen molar-refractivity contribution in [3.05, 3.63) is 66.0 Å². The highest BCUT2D eigenvalue weighted by molar-refractivity contribution is 5.89. The van der Waals surface area contributed by atoms with Gasteiger partial charge in [0.05, 0.1) is 11.4 Å². The first-order valence-corrected chi connectivity index (χ1v) is 9.67. The van der Waals surface area contributed by atoms with E-state index in [1.807, 2.05) is 60.4 Å². The molecule has 6 nitrogen and oxygen atoms in total. The van der Waals surface area contributed by atoms with Crippen LogP contribution in [-0.2, 0) is 4.79 Å². The predicted octanol–water partition coefficient (Wildman–Crippen LogP) is 2.33. The lowest BCUT2D eigenvalue weighted by atomic mass is 9.96. The minimum atomic E-state index is -0.285. The maximum atomic E-state index is 13.1. The van der Waals surface area contributed by atoms with Crippen LogP contribution in [0.3, 0.4) is 0 Å². The van der Waals surface area contributed by atoms with Crippen LogP contribution in [0, 0.1) is 6.92 Å². The van der Waals surface area contributed by atoms with Crippen LogP contribution >= 0.6 is 0 Å². The number of fused-ring (bicyclic) bond motifs is 1. The largest absolute Gasteiger partial charge is 0.352 e. The van der Waals surface area contributed by atoms with Crippen LogP contribution in [0.1, 0.15) is 17.0 Å². The summed E-state index contributed by atoms with van der Waals surface area (Å²) in [6.07, 6.45) is 1.61. The fourth-order valence-electron chi connectivity index (χ4n) is 3.78. The highest BCUT2D eigenvalue weighted by Crippen LogP contribution is 2.25. The maximum Gasteiger partial charge on any atom is 0.231 e. The van der Waals surface area contributed by atoms with Gasteiger partial charge in [-0.2, -0.15) is 0 Å². The lowest BCUT2D eigenvalue weighted by Crippen LogP contribution is -2.51. The molecule has 1 amide bonds. The zero-order valence-corrected chi connectivity index (χ0v) is 16.1. The Labute approximate surface area is 165 Å². The number of hydrogen-bond acceptors (Lipinski definition) is 5. The smallest absolute Gasteiger partial charge is 0.231 e. The fraction of sp³-hybridized carbons (Fsp3) is 0.318. The minimum absolute atomic E-state index is 0.110. The minimum Gasteiger partial charge on any atom is -0.352 e. The average Bonchev–Trinajstić information content (AvgIpc) is 2.75. The van der Waals surface area contributed by atoms with Gasteiger partial charge >= 0.3 is 0 Å². The third-order valence-corrected chi connectivity index (χ3v) is 5.43. The topological polar surface area (TPSA) is 75.4 Å². The molecule has 4 rings (SSSR count). The Kier molecular flexibility index (Phi) is 5.21. The Bertz CT molecular complexity index is 959. The third-order valence-electron chi connectivity index (χ3n) is 5.43. The Hall–Kier alpha value is -2.99. The number of amides is 1. The molecule has 6 heteroatoms. The number of piperazine rings is 1. The van der Waals surface area contributed by atoms with Crippen molar-refractivity contribution in [1.82, 2.24) is 14.9 Å². The SMILES string of the molecule is Cc1ccc(C(CN)C(=O)N2CCN(c3ncnc4ccccc34)CC2)cc1. The molecule has 1 unspecified atom stereocenters. The summed E-state index contributed by atoms with van der Waals surface area (Å²) in [4.78, 5) is 26.1. The Morgan fingerprint density at radius 2 is 1.75 bits per heavy atom. The first-order valence-electron chi connectivity index (χ1n) is 9.67. The molecule has 0 bridgehead atoms. The van der Waals surface area contributed by atoms with Crippen molar-refractivity contribution in [2.45, 2.75) is 12.8 Å². The summed E-state index contributed by atoms with van der Waals surface area (Å²) in [6, 6.07) is 16.1. The van der Waals surface area contributed by atoms with Crippen LogP contribution in [0.15, 0.2) is 54.9 Å². The Balaban J connectivity index is 1.47. The van der Waals surface area contributed by atoms with E-state index < -0.39 is 0 Å². The summed E-state index contributed by atoms with van der Waals surface area (Å²) >= 11 is 0. The van der Waals surface area contributed by atoms with E-state index in [1.54, 1.807) is 6.33 Å². The van der Waals surface area contributed by atoms with E-state index in [1.165, 1.54) is 5.56 Å². The third kappa shape index (κ3) is 3.55. The van der Waals surface area contributed by atoms with E-state index in [2.05, 4.69) is 14.9 Å². The molecule has 0 aliphatic carbocycles. The van der Waals surface area contributed by atoms with E-state index in [4.69, 9.17) is 5.73 Å². The van der Waals surface area contributed by atoms with Gasteiger partial charge in [-0.15, -0.1) is 0 Å². The molecule has 1 aliphatic heterocycles. The lowest BCUT2D eigenvalue weighted by molar-refractivity contribution is -0.132. The number of carbonyl (C=O) groups excluding carboxylic acids is 1. The van der Waals surface area contributed by atoms with Gasteiger partial charge in [-0.1, -0.05) is 42.0 Å². The van der Waals surface area contributed by atoms with Gasteiger partial charge in [-0.05, 0) is 24.6 Å². The van der Waals surface area contributed by atoms with Crippen LogP contribution in [-0.4, -0.2) is 53.5 Å². The Morgan fingerprint density at radius 3 is 2.46 bits per heavy atom. The molecule has 1 saturated heterocycles. The van der Waals surface area contributed by atoms with Gasteiger partial charge in [0.25, 0.3) is 0 Å². The number of rotatable bonds is 4. The molecule has 1 aromatic heterocycles. The summed E-state index contributed by atoms with van der Waals surface area (Å²) in [7, 11) is 0. The van der Waals surface area contributed by atoms with E-state index in [0.29, 0.717) is 19.6 Å². The number of hydrogen-bond donors (Lipinski definition) is 1. The van der Waals surface area contributed by atoms with E-state index >= 15 is 0 Å². The number of benzene rings is 2. The van der Waals surface area contributed by atoms with Gasteiger partial charge in [0.1, 0.15) is 12.1 Å². The summed E-state index contributed by atoms with van der Waals surface area (Å²) in [5.74, 6) is 0.761. The highest BCUT2D eigenvalue weighted by atomic mass is 16.2. The van der Waals surface area contributed by atoms with Crippen molar-refractivity contribution in [2.24, 2.45) is 5.73 Å². The van der Waals surface area contributed by atoms with Gasteiger partial charge in [0.15, 0.2) is 0 Å². The van der Waals surface area contributed by atoms with Crippen LogP contribution in [0.25, 0.3) is 10.9 Å². The molecule has 0 radical (unpaired) electrons. The number of aryl methyl sites for hydroxylation is 1. The lowest BCUT2D eigenvalue weighted by Gasteiger charge is -2.37. The maximum absolute atomic E-state index is 13.1. The molecule has 2 aromatic carbocycles. The quantitative estimate of drug-likeness (QED) is 0.757. The zero-order chi connectivity index (χ0) is 19.5. The molecule has 1 fully saturated rings. The first kappa shape index (κ1) is 18.4. The van der Waals surface area contributed by atoms with Gasteiger partial charge < -0.3 is 15.5 Å².